The van der Waals surface area contributed by atoms with Crippen LogP contribution in [0.2, 0.25) is 5.02 Å². The molecule has 0 unspecified atom stereocenters. The number of nitrogens with two attached hydrogens (primary N) is 1. The van der Waals surface area contributed by atoms with Gasteiger partial charge in [0.25, 0.3) is 0 Å². The minimum Gasteiger partial charge on any atom is -0.325 e. The molecule has 5 heteroatoms. The molecule has 2 rings (SSSR count). The molecular formula is C15H21ClN4. The van der Waals surface area contributed by atoms with Gasteiger partial charge in [-0.15, -0.1) is 5.10 Å². The molecule has 0 saturated carbocycles. The SMILES string of the molecule is CCC(CC)c1c(CN)nnn1Cc1ccccc1Cl. The topological polar surface area (TPSA) is 56.7 Å². The molecule has 0 fully saturated rings. The van der Waals surface area contributed by atoms with Gasteiger partial charge in [-0.25, -0.2) is 4.68 Å². The van der Waals surface area contributed by atoms with Gasteiger partial charge in [-0.1, -0.05) is 48.9 Å². The predicted molar refractivity (Wildman–Crippen MR) is 81.8 cm³/mol. The zero-order valence-electron chi connectivity index (χ0n) is 12.0. The van der Waals surface area contributed by atoms with Crippen molar-refractivity contribution in [1.82, 2.24) is 15.0 Å². The molecule has 2 N–H and O–H groups in total. The Labute approximate surface area is 124 Å². The standard InChI is InChI=1S/C15H21ClN4/c1-3-11(4-2)15-14(9-17)18-19-20(15)10-12-7-5-6-8-13(12)16/h5-8,11H,3-4,9-10,17H2,1-2H3. The molecule has 0 amide bonds. The van der Waals surface area contributed by atoms with Crippen LogP contribution in [0.5, 0.6) is 0 Å². The van der Waals surface area contributed by atoms with Gasteiger partial charge in [0.15, 0.2) is 0 Å². The summed E-state index contributed by atoms with van der Waals surface area (Å²) < 4.78 is 1.95. The first-order chi connectivity index (χ1) is 9.71. The third-order valence-electron chi connectivity index (χ3n) is 3.69. The van der Waals surface area contributed by atoms with Crippen LogP contribution in [-0.2, 0) is 13.1 Å². The highest BCUT2D eigenvalue weighted by molar-refractivity contribution is 6.31. The smallest absolute Gasteiger partial charge is 0.0997 e. The molecule has 2 aromatic rings. The maximum Gasteiger partial charge on any atom is 0.0997 e. The van der Waals surface area contributed by atoms with Crippen molar-refractivity contribution < 1.29 is 0 Å². The Morgan fingerprint density at radius 3 is 2.55 bits per heavy atom. The van der Waals surface area contributed by atoms with E-state index in [2.05, 4.69) is 24.2 Å². The Kier molecular flexibility index (Phi) is 5.15. The Bertz CT molecular complexity index is 561. The summed E-state index contributed by atoms with van der Waals surface area (Å²) >= 11 is 6.23. The molecule has 4 nitrogen and oxygen atoms in total. The summed E-state index contributed by atoms with van der Waals surface area (Å²) in [5, 5.41) is 9.25. The van der Waals surface area contributed by atoms with E-state index in [1.54, 1.807) is 0 Å². The van der Waals surface area contributed by atoms with E-state index in [0.717, 1.165) is 34.8 Å². The van der Waals surface area contributed by atoms with Gasteiger partial charge >= 0.3 is 0 Å². The van der Waals surface area contributed by atoms with Gasteiger partial charge in [0.2, 0.25) is 0 Å². The van der Waals surface area contributed by atoms with Crippen LogP contribution < -0.4 is 5.73 Å². The number of hydrogen-bond donors (Lipinski definition) is 1. The fraction of sp³-hybridized carbons (Fsp3) is 0.467. The van der Waals surface area contributed by atoms with Crippen LogP contribution in [0.4, 0.5) is 0 Å². The van der Waals surface area contributed by atoms with Crippen LogP contribution in [0.1, 0.15) is 49.6 Å². The first-order valence-corrected chi connectivity index (χ1v) is 7.44. The first-order valence-electron chi connectivity index (χ1n) is 7.06. The lowest BCUT2D eigenvalue weighted by Crippen LogP contribution is -2.13. The van der Waals surface area contributed by atoms with Crippen LogP contribution in [-0.4, -0.2) is 15.0 Å². The second-order valence-corrected chi connectivity index (χ2v) is 5.30. The van der Waals surface area contributed by atoms with E-state index in [9.17, 15) is 0 Å². The number of halogens is 1. The van der Waals surface area contributed by atoms with Crippen molar-refractivity contribution in [3.63, 3.8) is 0 Å². The average Bonchev–Trinajstić information content (AvgIpc) is 2.86. The van der Waals surface area contributed by atoms with E-state index in [0.29, 0.717) is 19.0 Å². The molecule has 0 aliphatic rings. The van der Waals surface area contributed by atoms with Crippen LogP contribution in [0, 0.1) is 0 Å². The lowest BCUT2D eigenvalue weighted by Gasteiger charge is -2.16. The molecule has 0 aliphatic heterocycles. The van der Waals surface area contributed by atoms with Gasteiger partial charge in [0.1, 0.15) is 0 Å². The minimum absolute atomic E-state index is 0.425. The highest BCUT2D eigenvalue weighted by atomic mass is 35.5. The van der Waals surface area contributed by atoms with Crippen LogP contribution in [0.3, 0.4) is 0 Å². The fourth-order valence-corrected chi connectivity index (χ4v) is 2.72. The normalized spacial score (nSPS) is 11.2. The Morgan fingerprint density at radius 1 is 1.25 bits per heavy atom. The van der Waals surface area contributed by atoms with Crippen molar-refractivity contribution >= 4 is 11.6 Å². The Balaban J connectivity index is 2.37. The van der Waals surface area contributed by atoms with Gasteiger partial charge < -0.3 is 5.73 Å². The molecule has 1 aromatic heterocycles. The highest BCUT2D eigenvalue weighted by Crippen LogP contribution is 2.26. The van der Waals surface area contributed by atoms with E-state index in [1.165, 1.54) is 0 Å². The summed E-state index contributed by atoms with van der Waals surface area (Å²) in [5.41, 5.74) is 8.89. The maximum atomic E-state index is 6.23. The second kappa shape index (κ2) is 6.86. The lowest BCUT2D eigenvalue weighted by molar-refractivity contribution is 0.541. The van der Waals surface area contributed by atoms with Crippen molar-refractivity contribution in [2.45, 2.75) is 45.7 Å². The summed E-state index contributed by atoms with van der Waals surface area (Å²) in [7, 11) is 0. The molecule has 0 saturated heterocycles. The maximum absolute atomic E-state index is 6.23. The van der Waals surface area contributed by atoms with Crippen molar-refractivity contribution in [3.8, 4) is 0 Å². The summed E-state index contributed by atoms with van der Waals surface area (Å²) in [6.45, 7) is 5.43. The number of benzene rings is 1. The number of nitrogens with zero attached hydrogens (tertiary/aromatic N) is 3. The highest BCUT2D eigenvalue weighted by Gasteiger charge is 2.19. The van der Waals surface area contributed by atoms with Crippen molar-refractivity contribution in [2.24, 2.45) is 5.73 Å². The quantitative estimate of drug-likeness (QED) is 0.888. The number of hydrogen-bond acceptors (Lipinski definition) is 3. The number of aromatic nitrogens is 3. The molecular weight excluding hydrogens is 272 g/mol. The summed E-state index contributed by atoms with van der Waals surface area (Å²) in [6.07, 6.45) is 2.11. The zero-order chi connectivity index (χ0) is 14.5. The molecule has 0 aliphatic carbocycles. The summed E-state index contributed by atoms with van der Waals surface area (Å²) in [4.78, 5) is 0. The predicted octanol–water partition coefficient (Wildman–Crippen LogP) is 3.34. The largest absolute Gasteiger partial charge is 0.325 e. The average molecular weight is 293 g/mol. The minimum atomic E-state index is 0.425. The molecule has 0 bridgehead atoms. The van der Waals surface area contributed by atoms with Crippen LogP contribution in [0.25, 0.3) is 0 Å². The Morgan fingerprint density at radius 2 is 1.95 bits per heavy atom. The van der Waals surface area contributed by atoms with E-state index in [-0.39, 0.29) is 0 Å². The molecule has 0 atom stereocenters. The van der Waals surface area contributed by atoms with Gasteiger partial charge in [0.05, 0.1) is 17.9 Å². The molecule has 108 valence electrons. The van der Waals surface area contributed by atoms with Crippen molar-refractivity contribution in [2.75, 3.05) is 0 Å². The van der Waals surface area contributed by atoms with Crippen LogP contribution in [0.15, 0.2) is 24.3 Å². The van der Waals surface area contributed by atoms with E-state index in [1.807, 2.05) is 28.9 Å². The summed E-state index contributed by atoms with van der Waals surface area (Å²) in [5.74, 6) is 0.436. The van der Waals surface area contributed by atoms with E-state index >= 15 is 0 Å². The van der Waals surface area contributed by atoms with Gasteiger partial charge in [-0.2, -0.15) is 0 Å². The molecule has 20 heavy (non-hydrogen) atoms. The molecule has 1 aromatic carbocycles. The number of rotatable bonds is 6. The fourth-order valence-electron chi connectivity index (χ4n) is 2.53. The summed E-state index contributed by atoms with van der Waals surface area (Å²) in [6, 6.07) is 7.83. The molecule has 1 heterocycles. The first kappa shape index (κ1) is 15.0. The van der Waals surface area contributed by atoms with Gasteiger partial charge in [-0.05, 0) is 24.5 Å². The zero-order valence-corrected chi connectivity index (χ0v) is 12.8. The van der Waals surface area contributed by atoms with Gasteiger partial charge in [-0.3, -0.25) is 0 Å². The third kappa shape index (κ3) is 3.02. The lowest BCUT2D eigenvalue weighted by atomic mass is 9.97. The van der Waals surface area contributed by atoms with Crippen molar-refractivity contribution in [3.05, 3.63) is 46.2 Å². The monoisotopic (exact) mass is 292 g/mol. The molecule has 0 spiro atoms. The van der Waals surface area contributed by atoms with Crippen molar-refractivity contribution in [1.29, 1.82) is 0 Å². The third-order valence-corrected chi connectivity index (χ3v) is 4.06. The van der Waals surface area contributed by atoms with E-state index < -0.39 is 0 Å². The Hall–Kier alpha value is -1.39. The molecule has 0 radical (unpaired) electrons. The second-order valence-electron chi connectivity index (χ2n) is 4.89. The van der Waals surface area contributed by atoms with E-state index in [4.69, 9.17) is 17.3 Å². The van der Waals surface area contributed by atoms with Gasteiger partial charge in [0, 0.05) is 17.5 Å². The van der Waals surface area contributed by atoms with Crippen LogP contribution >= 0.6 is 11.6 Å².